The predicted octanol–water partition coefficient (Wildman–Crippen LogP) is 4.65. The largest absolute Gasteiger partial charge is 0.325 e. The van der Waals surface area contributed by atoms with Gasteiger partial charge in [-0.05, 0) is 43.5 Å². The zero-order chi connectivity index (χ0) is 14.7. The molecule has 0 unspecified atom stereocenters. The first kappa shape index (κ1) is 13.8. The number of nitrogens with zero attached hydrogens (tertiary/aromatic N) is 2. The highest BCUT2D eigenvalue weighted by Crippen LogP contribution is 2.24. The van der Waals surface area contributed by atoms with Crippen LogP contribution in [-0.4, -0.2) is 15.8 Å². The van der Waals surface area contributed by atoms with E-state index >= 15 is 0 Å². The van der Waals surface area contributed by atoms with Crippen LogP contribution in [0.2, 0.25) is 0 Å². The number of benzene rings is 2. The molecule has 0 saturated carbocycles. The highest BCUT2D eigenvalue weighted by molar-refractivity contribution is 7.98. The second-order valence-electron chi connectivity index (χ2n) is 4.77. The maximum absolute atomic E-state index is 4.58. The first-order valence-corrected chi connectivity index (χ1v) is 8.01. The van der Waals surface area contributed by atoms with Crippen LogP contribution in [0.3, 0.4) is 0 Å². The monoisotopic (exact) mass is 295 g/mol. The fraction of sp³-hybridized carbons (Fsp3) is 0.118. The van der Waals surface area contributed by atoms with Crippen LogP contribution in [-0.2, 0) is 0 Å². The number of aromatic nitrogens is 2. The third kappa shape index (κ3) is 3.11. The van der Waals surface area contributed by atoms with Crippen molar-refractivity contribution in [1.29, 1.82) is 0 Å². The lowest BCUT2D eigenvalue weighted by Crippen LogP contribution is -2.00. The number of nitrogens with one attached hydrogen (secondary N) is 1. The molecule has 0 fully saturated rings. The van der Waals surface area contributed by atoms with Crippen molar-refractivity contribution < 1.29 is 0 Å². The molecule has 1 aromatic heterocycles. The number of thioether (sulfide) groups is 1. The van der Waals surface area contributed by atoms with E-state index < -0.39 is 0 Å². The van der Waals surface area contributed by atoms with E-state index in [1.807, 2.05) is 31.3 Å². The number of aryl methyl sites for hydroxylation is 1. The van der Waals surface area contributed by atoms with Crippen LogP contribution in [0.4, 0.5) is 11.6 Å². The van der Waals surface area contributed by atoms with Gasteiger partial charge in [0.05, 0.1) is 5.69 Å². The molecular weight excluding hydrogens is 278 g/mol. The smallest absolute Gasteiger partial charge is 0.212 e. The van der Waals surface area contributed by atoms with Gasteiger partial charge in [-0.25, -0.2) is 4.98 Å². The van der Waals surface area contributed by atoms with Gasteiger partial charge in [-0.3, -0.25) is 4.57 Å². The second kappa shape index (κ2) is 6.06. The van der Waals surface area contributed by atoms with E-state index in [4.69, 9.17) is 0 Å². The summed E-state index contributed by atoms with van der Waals surface area (Å²) in [5, 5.41) is 3.41. The third-order valence-corrected chi connectivity index (χ3v) is 3.91. The maximum Gasteiger partial charge on any atom is 0.212 e. The molecule has 0 amide bonds. The molecule has 3 nitrogen and oxygen atoms in total. The third-order valence-electron chi connectivity index (χ3n) is 3.19. The Labute approximate surface area is 129 Å². The fourth-order valence-corrected chi connectivity index (χ4v) is 2.66. The molecule has 3 rings (SSSR count). The maximum atomic E-state index is 4.58. The molecule has 106 valence electrons. The normalized spacial score (nSPS) is 10.6. The number of imidazole rings is 1. The minimum Gasteiger partial charge on any atom is -0.325 e. The van der Waals surface area contributed by atoms with E-state index in [0.717, 1.165) is 23.0 Å². The van der Waals surface area contributed by atoms with Crippen molar-refractivity contribution >= 4 is 23.4 Å². The van der Waals surface area contributed by atoms with Gasteiger partial charge in [0.1, 0.15) is 0 Å². The van der Waals surface area contributed by atoms with Crippen molar-refractivity contribution in [1.82, 2.24) is 9.55 Å². The SMILES string of the molecule is CSc1cccc(Nc2nc(C)cn2-c2ccccc2)c1. The Kier molecular flexibility index (Phi) is 3.97. The standard InChI is InChI=1S/C17H17N3S/c1-13-12-20(15-8-4-3-5-9-15)17(18-13)19-14-7-6-10-16(11-14)21-2/h3-12H,1-2H3,(H,18,19). The van der Waals surface area contributed by atoms with Crippen LogP contribution in [0, 0.1) is 6.92 Å². The van der Waals surface area contributed by atoms with Gasteiger partial charge >= 0.3 is 0 Å². The predicted molar refractivity (Wildman–Crippen MR) is 89.8 cm³/mol. The van der Waals surface area contributed by atoms with Gasteiger partial charge < -0.3 is 5.32 Å². The lowest BCUT2D eigenvalue weighted by molar-refractivity contribution is 1.06. The molecule has 0 aliphatic heterocycles. The lowest BCUT2D eigenvalue weighted by atomic mass is 10.3. The molecule has 0 atom stereocenters. The minimum absolute atomic E-state index is 0.831. The first-order chi connectivity index (χ1) is 10.3. The van der Waals surface area contributed by atoms with Gasteiger partial charge in [0, 0.05) is 22.5 Å². The number of hydrogen-bond acceptors (Lipinski definition) is 3. The fourth-order valence-electron chi connectivity index (χ4n) is 2.20. The van der Waals surface area contributed by atoms with E-state index in [0.29, 0.717) is 0 Å². The van der Waals surface area contributed by atoms with Gasteiger partial charge in [-0.1, -0.05) is 24.3 Å². The minimum atomic E-state index is 0.831. The highest BCUT2D eigenvalue weighted by atomic mass is 32.2. The Bertz CT molecular complexity index is 735. The number of hydrogen-bond donors (Lipinski definition) is 1. The highest BCUT2D eigenvalue weighted by Gasteiger charge is 2.07. The van der Waals surface area contributed by atoms with Crippen molar-refractivity contribution in [2.45, 2.75) is 11.8 Å². The number of anilines is 2. The molecule has 0 bridgehead atoms. The summed E-state index contributed by atoms with van der Waals surface area (Å²) in [4.78, 5) is 5.81. The van der Waals surface area contributed by atoms with Crippen LogP contribution in [0.1, 0.15) is 5.69 Å². The van der Waals surface area contributed by atoms with E-state index in [1.54, 1.807) is 11.8 Å². The van der Waals surface area contributed by atoms with E-state index in [-0.39, 0.29) is 0 Å². The summed E-state index contributed by atoms with van der Waals surface area (Å²) in [5.74, 6) is 0.831. The summed E-state index contributed by atoms with van der Waals surface area (Å²) in [7, 11) is 0. The van der Waals surface area contributed by atoms with Crippen molar-refractivity contribution in [3.8, 4) is 5.69 Å². The summed E-state index contributed by atoms with van der Waals surface area (Å²) in [6.07, 6.45) is 4.12. The molecule has 1 heterocycles. The summed E-state index contributed by atoms with van der Waals surface area (Å²) in [6, 6.07) is 18.6. The Morgan fingerprint density at radius 2 is 1.86 bits per heavy atom. The molecule has 0 saturated heterocycles. The summed E-state index contributed by atoms with van der Waals surface area (Å²) in [5.41, 5.74) is 3.13. The van der Waals surface area contributed by atoms with Gasteiger partial charge in [-0.2, -0.15) is 0 Å². The van der Waals surface area contributed by atoms with Crippen molar-refractivity contribution in [3.05, 3.63) is 66.5 Å². The molecule has 0 aliphatic carbocycles. The molecule has 4 heteroatoms. The molecule has 3 aromatic rings. The molecule has 0 aliphatic rings. The van der Waals surface area contributed by atoms with Crippen LogP contribution in [0.5, 0.6) is 0 Å². The van der Waals surface area contributed by atoms with E-state index in [9.17, 15) is 0 Å². The molecule has 0 radical (unpaired) electrons. The zero-order valence-electron chi connectivity index (χ0n) is 12.1. The average molecular weight is 295 g/mol. The van der Waals surface area contributed by atoms with Gasteiger partial charge in [0.2, 0.25) is 5.95 Å². The van der Waals surface area contributed by atoms with E-state index in [1.165, 1.54) is 4.90 Å². The topological polar surface area (TPSA) is 29.9 Å². The Hall–Kier alpha value is -2.20. The quantitative estimate of drug-likeness (QED) is 0.711. The van der Waals surface area contributed by atoms with Crippen molar-refractivity contribution in [2.75, 3.05) is 11.6 Å². The van der Waals surface area contributed by atoms with Crippen molar-refractivity contribution in [2.24, 2.45) is 0 Å². The Morgan fingerprint density at radius 3 is 2.62 bits per heavy atom. The molecule has 2 aromatic carbocycles. The molecule has 21 heavy (non-hydrogen) atoms. The number of para-hydroxylation sites is 1. The van der Waals surface area contributed by atoms with E-state index in [2.05, 4.69) is 57.5 Å². The summed E-state index contributed by atoms with van der Waals surface area (Å²) < 4.78 is 2.07. The lowest BCUT2D eigenvalue weighted by Gasteiger charge is -2.10. The molecular formula is C17H17N3S. The molecule has 0 spiro atoms. The van der Waals surface area contributed by atoms with Gasteiger partial charge in [0.25, 0.3) is 0 Å². The molecule has 1 N–H and O–H groups in total. The van der Waals surface area contributed by atoms with Crippen LogP contribution >= 0.6 is 11.8 Å². The summed E-state index contributed by atoms with van der Waals surface area (Å²) >= 11 is 1.73. The summed E-state index contributed by atoms with van der Waals surface area (Å²) in [6.45, 7) is 2.00. The Balaban J connectivity index is 1.96. The first-order valence-electron chi connectivity index (χ1n) is 6.79. The Morgan fingerprint density at radius 1 is 1.05 bits per heavy atom. The van der Waals surface area contributed by atoms with Gasteiger partial charge in [-0.15, -0.1) is 11.8 Å². The van der Waals surface area contributed by atoms with Crippen LogP contribution in [0.15, 0.2) is 65.7 Å². The second-order valence-corrected chi connectivity index (χ2v) is 5.65. The van der Waals surface area contributed by atoms with Gasteiger partial charge in [0.15, 0.2) is 0 Å². The van der Waals surface area contributed by atoms with Crippen molar-refractivity contribution in [3.63, 3.8) is 0 Å². The van der Waals surface area contributed by atoms with Crippen LogP contribution < -0.4 is 5.32 Å². The van der Waals surface area contributed by atoms with Crippen LogP contribution in [0.25, 0.3) is 5.69 Å². The number of rotatable bonds is 4. The average Bonchev–Trinajstić information content (AvgIpc) is 2.89. The zero-order valence-corrected chi connectivity index (χ0v) is 12.9.